The van der Waals surface area contributed by atoms with E-state index in [0.29, 0.717) is 5.92 Å². The van der Waals surface area contributed by atoms with E-state index >= 15 is 0 Å². The molecule has 0 saturated heterocycles. The second-order valence-electron chi connectivity index (χ2n) is 6.74. The summed E-state index contributed by atoms with van der Waals surface area (Å²) in [5.74, 6) is 1.44. The molecule has 1 aromatic carbocycles. The lowest BCUT2D eigenvalue weighted by atomic mass is 10.1. The van der Waals surface area contributed by atoms with Crippen LogP contribution >= 0.6 is 0 Å². The van der Waals surface area contributed by atoms with Gasteiger partial charge in [0.1, 0.15) is 0 Å². The third kappa shape index (κ3) is 4.34. The Morgan fingerprint density at radius 3 is 2.62 bits per heavy atom. The van der Waals surface area contributed by atoms with Crippen LogP contribution in [0.1, 0.15) is 46.1 Å². The number of benzene rings is 1. The molecular weight excluding hydrogens is 256 g/mol. The highest BCUT2D eigenvalue weighted by molar-refractivity contribution is 5.83. The zero-order valence-corrected chi connectivity index (χ0v) is 14.0. The lowest BCUT2D eigenvalue weighted by Gasteiger charge is -2.12. The van der Waals surface area contributed by atoms with Gasteiger partial charge in [0.15, 0.2) is 0 Å². The molecule has 0 aliphatic carbocycles. The van der Waals surface area contributed by atoms with Crippen molar-refractivity contribution in [2.45, 2.75) is 53.6 Å². The summed E-state index contributed by atoms with van der Waals surface area (Å²) in [6.07, 6.45) is 4.92. The quantitative estimate of drug-likeness (QED) is 0.736. The van der Waals surface area contributed by atoms with Gasteiger partial charge in [0.05, 0.1) is 0 Å². The monoisotopic (exact) mass is 286 g/mol. The van der Waals surface area contributed by atoms with E-state index in [1.54, 1.807) is 0 Å². The summed E-state index contributed by atoms with van der Waals surface area (Å²) in [6.45, 7) is 12.3. The third-order valence-corrected chi connectivity index (χ3v) is 4.03. The van der Waals surface area contributed by atoms with E-state index in [-0.39, 0.29) is 0 Å². The molecule has 0 radical (unpaired) electrons. The topological polar surface area (TPSA) is 17.0 Å². The maximum absolute atomic E-state index is 3.57. The molecule has 21 heavy (non-hydrogen) atoms. The molecule has 1 heterocycles. The van der Waals surface area contributed by atoms with Crippen LogP contribution in [-0.2, 0) is 13.1 Å². The Bertz CT molecular complexity index is 554. The average Bonchev–Trinajstić information content (AvgIpc) is 2.77. The first kappa shape index (κ1) is 16.1. The number of para-hydroxylation sites is 1. The van der Waals surface area contributed by atoms with Gasteiger partial charge < -0.3 is 9.88 Å². The molecule has 2 rings (SSSR count). The van der Waals surface area contributed by atoms with Crippen molar-refractivity contribution in [2.75, 3.05) is 6.54 Å². The number of nitrogens with one attached hydrogen (secondary N) is 1. The largest absolute Gasteiger partial charge is 0.347 e. The predicted octanol–water partition coefficient (Wildman–Crippen LogP) is 4.82. The predicted molar refractivity (Wildman–Crippen MR) is 92.6 cm³/mol. The highest BCUT2D eigenvalue weighted by atomic mass is 15.0. The lowest BCUT2D eigenvalue weighted by Crippen LogP contribution is -2.18. The Hall–Kier alpha value is -1.28. The normalized spacial score (nSPS) is 13.2. The van der Waals surface area contributed by atoms with Crippen molar-refractivity contribution < 1.29 is 0 Å². The second-order valence-corrected chi connectivity index (χ2v) is 6.74. The molecule has 0 fully saturated rings. The fraction of sp³-hybridized carbons (Fsp3) is 0.579. The van der Waals surface area contributed by atoms with Gasteiger partial charge in [-0.25, -0.2) is 0 Å². The smallest absolute Gasteiger partial charge is 0.0483 e. The summed E-state index contributed by atoms with van der Waals surface area (Å²) < 4.78 is 2.45. The van der Waals surface area contributed by atoms with Crippen LogP contribution in [-0.4, -0.2) is 11.1 Å². The van der Waals surface area contributed by atoms with Crippen LogP contribution in [0.15, 0.2) is 30.5 Å². The summed E-state index contributed by atoms with van der Waals surface area (Å²) in [7, 11) is 0. The summed E-state index contributed by atoms with van der Waals surface area (Å²) in [5, 5.41) is 4.97. The van der Waals surface area contributed by atoms with Gasteiger partial charge in [0.25, 0.3) is 0 Å². The maximum atomic E-state index is 3.57. The van der Waals surface area contributed by atoms with Gasteiger partial charge in [0.2, 0.25) is 0 Å². The molecule has 1 N–H and O–H groups in total. The van der Waals surface area contributed by atoms with Gasteiger partial charge in [-0.15, -0.1) is 0 Å². The molecule has 0 bridgehead atoms. The van der Waals surface area contributed by atoms with E-state index in [1.165, 1.54) is 29.3 Å². The SMILES string of the molecule is CCCC(C)Cn1cc(CNCC(C)C)c2ccccc21. The van der Waals surface area contributed by atoms with Crippen LogP contribution < -0.4 is 5.32 Å². The minimum atomic E-state index is 0.697. The molecule has 0 aliphatic rings. The molecule has 1 aromatic heterocycles. The van der Waals surface area contributed by atoms with Crippen molar-refractivity contribution in [3.63, 3.8) is 0 Å². The average molecular weight is 286 g/mol. The highest BCUT2D eigenvalue weighted by Gasteiger charge is 2.10. The molecular formula is C19H30N2. The molecule has 2 aromatic rings. The second kappa shape index (κ2) is 7.65. The zero-order valence-electron chi connectivity index (χ0n) is 14.0. The van der Waals surface area contributed by atoms with Crippen LogP contribution in [0.3, 0.4) is 0 Å². The molecule has 1 unspecified atom stereocenters. The Morgan fingerprint density at radius 2 is 1.90 bits per heavy atom. The van der Waals surface area contributed by atoms with Gasteiger partial charge in [-0.05, 0) is 36.4 Å². The fourth-order valence-electron chi connectivity index (χ4n) is 3.03. The summed E-state index contributed by atoms with van der Waals surface area (Å²) in [5.41, 5.74) is 2.80. The van der Waals surface area contributed by atoms with Crippen LogP contribution in [0, 0.1) is 11.8 Å². The minimum Gasteiger partial charge on any atom is -0.347 e. The number of rotatable bonds is 8. The fourth-order valence-corrected chi connectivity index (χ4v) is 3.03. The Kier molecular flexibility index (Phi) is 5.86. The van der Waals surface area contributed by atoms with Gasteiger partial charge in [-0.1, -0.05) is 52.3 Å². The number of aromatic nitrogens is 1. The van der Waals surface area contributed by atoms with Crippen molar-refractivity contribution in [3.05, 3.63) is 36.0 Å². The molecule has 116 valence electrons. The molecule has 2 nitrogen and oxygen atoms in total. The molecule has 0 spiro atoms. The standard InChI is InChI=1S/C19H30N2/c1-5-8-16(4)13-21-14-17(12-20-11-15(2)3)18-9-6-7-10-19(18)21/h6-7,9-10,14-16,20H,5,8,11-13H2,1-4H3. The van der Waals surface area contributed by atoms with E-state index in [1.807, 2.05) is 0 Å². The van der Waals surface area contributed by atoms with Gasteiger partial charge >= 0.3 is 0 Å². The molecule has 0 aliphatic heterocycles. The third-order valence-electron chi connectivity index (χ3n) is 4.03. The van der Waals surface area contributed by atoms with Crippen LogP contribution in [0.5, 0.6) is 0 Å². The van der Waals surface area contributed by atoms with Crippen molar-refractivity contribution >= 4 is 10.9 Å². The first-order valence-corrected chi connectivity index (χ1v) is 8.39. The van der Waals surface area contributed by atoms with Gasteiger partial charge in [0, 0.05) is 30.2 Å². The van der Waals surface area contributed by atoms with E-state index in [4.69, 9.17) is 0 Å². The van der Waals surface area contributed by atoms with Crippen LogP contribution in [0.25, 0.3) is 10.9 Å². The zero-order chi connectivity index (χ0) is 15.2. The Balaban J connectivity index is 2.17. The van der Waals surface area contributed by atoms with Crippen molar-refractivity contribution in [3.8, 4) is 0 Å². The summed E-state index contributed by atoms with van der Waals surface area (Å²) >= 11 is 0. The van der Waals surface area contributed by atoms with Crippen molar-refractivity contribution in [1.82, 2.24) is 9.88 Å². The van der Waals surface area contributed by atoms with Gasteiger partial charge in [-0.3, -0.25) is 0 Å². The first-order chi connectivity index (χ1) is 10.1. The van der Waals surface area contributed by atoms with Crippen LogP contribution in [0.4, 0.5) is 0 Å². The number of hydrogen-bond donors (Lipinski definition) is 1. The molecule has 0 saturated carbocycles. The van der Waals surface area contributed by atoms with Crippen molar-refractivity contribution in [1.29, 1.82) is 0 Å². The highest BCUT2D eigenvalue weighted by Crippen LogP contribution is 2.23. The van der Waals surface area contributed by atoms with Gasteiger partial charge in [-0.2, -0.15) is 0 Å². The molecule has 1 atom stereocenters. The first-order valence-electron chi connectivity index (χ1n) is 8.39. The summed E-state index contributed by atoms with van der Waals surface area (Å²) in [4.78, 5) is 0. The Morgan fingerprint density at radius 1 is 1.14 bits per heavy atom. The maximum Gasteiger partial charge on any atom is 0.0483 e. The number of hydrogen-bond acceptors (Lipinski definition) is 1. The van der Waals surface area contributed by atoms with E-state index in [2.05, 4.69) is 68.0 Å². The minimum absolute atomic E-state index is 0.697. The van der Waals surface area contributed by atoms with E-state index in [0.717, 1.165) is 25.6 Å². The van der Waals surface area contributed by atoms with Crippen LogP contribution in [0.2, 0.25) is 0 Å². The number of nitrogens with zero attached hydrogens (tertiary/aromatic N) is 1. The Labute approximate surface area is 129 Å². The summed E-state index contributed by atoms with van der Waals surface area (Å²) in [6, 6.07) is 8.80. The van der Waals surface area contributed by atoms with E-state index in [9.17, 15) is 0 Å². The molecule has 2 heteroatoms. The lowest BCUT2D eigenvalue weighted by molar-refractivity contribution is 0.452. The van der Waals surface area contributed by atoms with Crippen molar-refractivity contribution in [2.24, 2.45) is 11.8 Å². The molecule has 0 amide bonds. The number of fused-ring (bicyclic) bond motifs is 1. The van der Waals surface area contributed by atoms with E-state index < -0.39 is 0 Å².